The highest BCUT2D eigenvalue weighted by Gasteiger charge is 2.24. The summed E-state index contributed by atoms with van der Waals surface area (Å²) in [6.45, 7) is 9.50. The fraction of sp³-hybridized carbons (Fsp3) is 0.600. The Morgan fingerprint density at radius 1 is 1.15 bits per heavy atom. The van der Waals surface area contributed by atoms with Gasteiger partial charge in [0.1, 0.15) is 11.1 Å². The number of esters is 1. The van der Waals surface area contributed by atoms with E-state index in [1.807, 2.05) is 34.6 Å². The highest BCUT2D eigenvalue weighted by molar-refractivity contribution is 8.00. The highest BCUT2D eigenvalue weighted by Crippen LogP contribution is 2.36. The fourth-order valence-corrected chi connectivity index (χ4v) is 3.68. The van der Waals surface area contributed by atoms with Crippen LogP contribution >= 0.6 is 23.4 Å². The maximum Gasteiger partial charge on any atom is 0.319 e. The molecular formula is C20H29ClFNO3S. The van der Waals surface area contributed by atoms with Crippen LogP contribution in [0.3, 0.4) is 0 Å². The molecule has 0 bridgehead atoms. The minimum absolute atomic E-state index is 0.0731. The van der Waals surface area contributed by atoms with Crippen LogP contribution in [-0.4, -0.2) is 23.2 Å². The molecule has 4 nitrogen and oxygen atoms in total. The van der Waals surface area contributed by atoms with E-state index in [2.05, 4.69) is 5.32 Å². The van der Waals surface area contributed by atoms with Crippen LogP contribution in [0.5, 0.6) is 0 Å². The summed E-state index contributed by atoms with van der Waals surface area (Å²) in [5, 5.41) is 2.39. The van der Waals surface area contributed by atoms with E-state index in [0.717, 1.165) is 6.42 Å². The molecule has 0 spiro atoms. The minimum atomic E-state index is -0.598. The van der Waals surface area contributed by atoms with Gasteiger partial charge in [0.2, 0.25) is 5.91 Å². The summed E-state index contributed by atoms with van der Waals surface area (Å²) in [4.78, 5) is 25.1. The Kier molecular flexibility index (Phi) is 10.2. The van der Waals surface area contributed by atoms with Crippen LogP contribution in [0.1, 0.15) is 60.3 Å². The van der Waals surface area contributed by atoms with Gasteiger partial charge in [-0.15, -0.1) is 11.8 Å². The Morgan fingerprint density at radius 3 is 2.30 bits per heavy atom. The van der Waals surface area contributed by atoms with Crippen molar-refractivity contribution >= 4 is 40.9 Å². The number of amides is 1. The average Bonchev–Trinajstić information content (AvgIpc) is 2.63. The first-order chi connectivity index (χ1) is 12.8. The Labute approximate surface area is 170 Å². The standard InChI is InChI=1S/C20H29ClFNO3S/c1-6-12(5)26-20(25)17(9-4)27-18-11-16(15(22)10-14(18)21)23-19(24)13(7-2)8-3/h10-13,17H,6-9H2,1-5H3,(H,23,24). The lowest BCUT2D eigenvalue weighted by molar-refractivity contribution is -0.147. The molecule has 1 rings (SSSR count). The van der Waals surface area contributed by atoms with E-state index in [1.165, 1.54) is 23.9 Å². The summed E-state index contributed by atoms with van der Waals surface area (Å²) in [5.74, 6) is -1.32. The summed E-state index contributed by atoms with van der Waals surface area (Å²) < 4.78 is 19.7. The van der Waals surface area contributed by atoms with Crippen molar-refractivity contribution in [1.29, 1.82) is 0 Å². The molecule has 0 aliphatic carbocycles. The molecule has 2 atom stereocenters. The molecule has 0 heterocycles. The molecule has 1 N–H and O–H groups in total. The maximum absolute atomic E-state index is 14.3. The number of thioether (sulfide) groups is 1. The van der Waals surface area contributed by atoms with Crippen molar-refractivity contribution in [3.8, 4) is 0 Å². The summed E-state index contributed by atoms with van der Waals surface area (Å²) in [6.07, 6.45) is 2.47. The zero-order valence-electron chi connectivity index (χ0n) is 16.6. The van der Waals surface area contributed by atoms with Gasteiger partial charge in [-0.25, -0.2) is 4.39 Å². The van der Waals surface area contributed by atoms with E-state index < -0.39 is 11.1 Å². The van der Waals surface area contributed by atoms with Crippen molar-refractivity contribution in [3.63, 3.8) is 0 Å². The van der Waals surface area contributed by atoms with Crippen LogP contribution in [0.25, 0.3) is 0 Å². The van der Waals surface area contributed by atoms with E-state index in [-0.39, 0.29) is 34.6 Å². The number of ether oxygens (including phenoxy) is 1. The molecule has 1 aromatic carbocycles. The van der Waals surface area contributed by atoms with Crippen LogP contribution in [-0.2, 0) is 14.3 Å². The summed E-state index contributed by atoms with van der Waals surface area (Å²) in [6, 6.07) is 2.65. The Balaban J connectivity index is 3.00. The van der Waals surface area contributed by atoms with Crippen molar-refractivity contribution in [3.05, 3.63) is 23.0 Å². The van der Waals surface area contributed by atoms with Gasteiger partial charge in [0.15, 0.2) is 0 Å². The summed E-state index contributed by atoms with van der Waals surface area (Å²) >= 11 is 7.39. The number of carbonyl (C=O) groups is 2. The third-order valence-electron chi connectivity index (χ3n) is 4.43. The number of nitrogens with one attached hydrogen (secondary N) is 1. The number of halogens is 2. The lowest BCUT2D eigenvalue weighted by atomic mass is 10.0. The second kappa shape index (κ2) is 11.5. The highest BCUT2D eigenvalue weighted by atomic mass is 35.5. The lowest BCUT2D eigenvalue weighted by Crippen LogP contribution is -2.24. The van der Waals surface area contributed by atoms with Crippen LogP contribution in [0.2, 0.25) is 5.02 Å². The van der Waals surface area contributed by atoms with Crippen molar-refractivity contribution < 1.29 is 18.7 Å². The maximum atomic E-state index is 14.3. The van der Waals surface area contributed by atoms with Crippen LogP contribution in [0.15, 0.2) is 17.0 Å². The first-order valence-electron chi connectivity index (χ1n) is 9.44. The van der Waals surface area contributed by atoms with Gasteiger partial charge >= 0.3 is 5.97 Å². The summed E-state index contributed by atoms with van der Waals surface area (Å²) in [5.41, 5.74) is 0.0731. The van der Waals surface area contributed by atoms with Crippen molar-refractivity contribution in [2.75, 3.05) is 5.32 Å². The van der Waals surface area contributed by atoms with Crippen molar-refractivity contribution in [1.82, 2.24) is 0 Å². The smallest absolute Gasteiger partial charge is 0.319 e. The third kappa shape index (κ3) is 7.00. The van der Waals surface area contributed by atoms with E-state index >= 15 is 0 Å². The number of hydrogen-bond acceptors (Lipinski definition) is 4. The average molecular weight is 418 g/mol. The normalized spacial score (nSPS) is 13.3. The summed E-state index contributed by atoms with van der Waals surface area (Å²) in [7, 11) is 0. The predicted octanol–water partition coefficient (Wildman–Crippen LogP) is 6.07. The molecule has 0 aromatic heterocycles. The van der Waals surface area contributed by atoms with Crippen LogP contribution < -0.4 is 5.32 Å². The Hall–Kier alpha value is -1.27. The number of anilines is 1. The molecule has 1 aromatic rings. The van der Waals surface area contributed by atoms with Gasteiger partial charge in [-0.05, 0) is 44.7 Å². The van der Waals surface area contributed by atoms with Gasteiger partial charge in [0.25, 0.3) is 0 Å². The number of carbonyl (C=O) groups excluding carboxylic acids is 2. The topological polar surface area (TPSA) is 55.4 Å². The lowest BCUT2D eigenvalue weighted by Gasteiger charge is -2.19. The molecule has 0 saturated heterocycles. The van der Waals surface area contributed by atoms with Crippen LogP contribution in [0, 0.1) is 11.7 Å². The third-order valence-corrected chi connectivity index (χ3v) is 6.26. The van der Waals surface area contributed by atoms with Gasteiger partial charge in [-0.2, -0.15) is 0 Å². The van der Waals surface area contributed by atoms with E-state index in [9.17, 15) is 14.0 Å². The van der Waals surface area contributed by atoms with Crippen molar-refractivity contribution in [2.24, 2.45) is 5.92 Å². The Morgan fingerprint density at radius 2 is 1.78 bits per heavy atom. The van der Waals surface area contributed by atoms with Gasteiger partial charge in [-0.1, -0.05) is 39.3 Å². The van der Waals surface area contributed by atoms with Gasteiger partial charge in [0, 0.05) is 10.8 Å². The second-order valence-electron chi connectivity index (χ2n) is 6.44. The molecule has 0 fully saturated rings. The molecular weight excluding hydrogens is 389 g/mol. The molecule has 2 unspecified atom stereocenters. The SMILES string of the molecule is CCC(C)OC(=O)C(CC)Sc1cc(NC(=O)C(CC)CC)c(F)cc1Cl. The van der Waals surface area contributed by atoms with E-state index in [4.69, 9.17) is 16.3 Å². The van der Waals surface area contributed by atoms with Gasteiger partial charge in [-0.3, -0.25) is 9.59 Å². The zero-order chi connectivity index (χ0) is 20.6. The molecule has 7 heteroatoms. The zero-order valence-corrected chi connectivity index (χ0v) is 18.2. The minimum Gasteiger partial charge on any atom is -0.462 e. The van der Waals surface area contributed by atoms with Crippen molar-refractivity contribution in [2.45, 2.75) is 76.6 Å². The molecule has 0 radical (unpaired) electrons. The number of hydrogen-bond donors (Lipinski definition) is 1. The monoisotopic (exact) mass is 417 g/mol. The molecule has 0 aliphatic rings. The number of rotatable bonds is 10. The number of benzene rings is 1. The first-order valence-corrected chi connectivity index (χ1v) is 10.7. The largest absolute Gasteiger partial charge is 0.462 e. The van der Waals surface area contributed by atoms with Gasteiger partial charge < -0.3 is 10.1 Å². The second-order valence-corrected chi connectivity index (χ2v) is 8.09. The molecule has 152 valence electrons. The molecule has 0 aliphatic heterocycles. The van der Waals surface area contributed by atoms with Crippen LogP contribution in [0.4, 0.5) is 10.1 Å². The van der Waals surface area contributed by atoms with E-state index in [0.29, 0.717) is 24.2 Å². The fourth-order valence-electron chi connectivity index (χ4n) is 2.42. The van der Waals surface area contributed by atoms with Gasteiger partial charge in [0.05, 0.1) is 16.8 Å². The molecule has 1 amide bonds. The molecule has 27 heavy (non-hydrogen) atoms. The van der Waals surface area contributed by atoms with E-state index in [1.54, 1.807) is 0 Å². The Bertz CT molecular complexity index is 652. The first kappa shape index (κ1) is 23.8. The quantitative estimate of drug-likeness (QED) is 0.371. The predicted molar refractivity (Wildman–Crippen MR) is 110 cm³/mol. The molecule has 0 saturated carbocycles.